The number of hydrogen-bond acceptors (Lipinski definition) is 5. The molecule has 5 nitrogen and oxygen atoms in total. The Bertz CT molecular complexity index is 364. The van der Waals surface area contributed by atoms with Gasteiger partial charge in [0, 0.05) is 13.2 Å². The van der Waals surface area contributed by atoms with Crippen molar-refractivity contribution in [3.8, 4) is 5.88 Å². The van der Waals surface area contributed by atoms with Crippen LogP contribution >= 0.6 is 0 Å². The molecule has 1 heterocycles. The molecule has 0 amide bonds. The standard InChI is InChI=1S/C10H14F2N2O3/c1-15-2-3-16-4-5-17-10-8(12)6-7(11)9(13)14-10/h6H,2-5H2,1H3,(H2,13,14). The topological polar surface area (TPSA) is 66.6 Å². The number of nitrogens with zero attached hydrogens (tertiary/aromatic N) is 1. The van der Waals surface area contributed by atoms with Crippen LogP contribution in [0.5, 0.6) is 5.88 Å². The van der Waals surface area contributed by atoms with Gasteiger partial charge in [-0.05, 0) is 0 Å². The van der Waals surface area contributed by atoms with E-state index in [0.29, 0.717) is 19.3 Å². The Hall–Kier alpha value is -1.47. The summed E-state index contributed by atoms with van der Waals surface area (Å²) < 4.78 is 40.7. The molecule has 2 N–H and O–H groups in total. The minimum atomic E-state index is -0.911. The van der Waals surface area contributed by atoms with Gasteiger partial charge in [0.25, 0.3) is 5.88 Å². The monoisotopic (exact) mass is 248 g/mol. The van der Waals surface area contributed by atoms with Crippen molar-refractivity contribution >= 4 is 5.82 Å². The van der Waals surface area contributed by atoms with E-state index >= 15 is 0 Å². The number of halogens is 2. The van der Waals surface area contributed by atoms with Gasteiger partial charge in [-0.15, -0.1) is 0 Å². The first kappa shape index (κ1) is 13.6. The first-order valence-electron chi connectivity index (χ1n) is 4.96. The van der Waals surface area contributed by atoms with Crippen molar-refractivity contribution in [2.45, 2.75) is 0 Å². The highest BCUT2D eigenvalue weighted by molar-refractivity contribution is 5.34. The van der Waals surface area contributed by atoms with Gasteiger partial charge in [-0.1, -0.05) is 0 Å². The highest BCUT2D eigenvalue weighted by Crippen LogP contribution is 2.18. The third-order valence-electron chi connectivity index (χ3n) is 1.82. The summed E-state index contributed by atoms with van der Waals surface area (Å²) in [7, 11) is 1.56. The molecule has 0 aliphatic rings. The van der Waals surface area contributed by atoms with Gasteiger partial charge in [-0.3, -0.25) is 0 Å². The van der Waals surface area contributed by atoms with Crippen molar-refractivity contribution in [2.75, 3.05) is 39.3 Å². The summed E-state index contributed by atoms with van der Waals surface area (Å²) in [5.41, 5.74) is 5.18. The van der Waals surface area contributed by atoms with Crippen LogP contribution in [0.25, 0.3) is 0 Å². The van der Waals surface area contributed by atoms with Crippen LogP contribution in [0.4, 0.5) is 14.6 Å². The molecule has 96 valence electrons. The lowest BCUT2D eigenvalue weighted by Gasteiger charge is -2.07. The van der Waals surface area contributed by atoms with Gasteiger partial charge < -0.3 is 19.9 Å². The fourth-order valence-corrected chi connectivity index (χ4v) is 1.01. The van der Waals surface area contributed by atoms with E-state index in [4.69, 9.17) is 19.9 Å². The second-order valence-corrected chi connectivity index (χ2v) is 3.10. The predicted molar refractivity (Wildman–Crippen MR) is 56.8 cm³/mol. The molecule has 0 saturated carbocycles. The summed E-state index contributed by atoms with van der Waals surface area (Å²) >= 11 is 0. The van der Waals surface area contributed by atoms with E-state index in [0.717, 1.165) is 0 Å². The lowest BCUT2D eigenvalue weighted by molar-refractivity contribution is 0.0529. The Morgan fingerprint density at radius 3 is 2.59 bits per heavy atom. The molecule has 0 atom stereocenters. The van der Waals surface area contributed by atoms with Gasteiger partial charge in [0.05, 0.1) is 19.8 Å². The van der Waals surface area contributed by atoms with Crippen molar-refractivity contribution in [2.24, 2.45) is 0 Å². The molecule has 7 heteroatoms. The Morgan fingerprint density at radius 2 is 1.88 bits per heavy atom. The fraction of sp³-hybridized carbons (Fsp3) is 0.500. The third kappa shape index (κ3) is 4.49. The fourth-order valence-electron chi connectivity index (χ4n) is 1.01. The van der Waals surface area contributed by atoms with Crippen LogP contribution in [0.15, 0.2) is 6.07 Å². The predicted octanol–water partition coefficient (Wildman–Crippen LogP) is 0.984. The molecule has 1 aromatic heterocycles. The maximum Gasteiger partial charge on any atom is 0.252 e. The largest absolute Gasteiger partial charge is 0.473 e. The zero-order valence-electron chi connectivity index (χ0n) is 9.41. The molecule has 0 aromatic carbocycles. The van der Waals surface area contributed by atoms with Crippen LogP contribution < -0.4 is 10.5 Å². The van der Waals surface area contributed by atoms with Crippen LogP contribution in [-0.4, -0.2) is 38.5 Å². The quantitative estimate of drug-likeness (QED) is 0.729. The first-order chi connectivity index (χ1) is 8.15. The molecule has 1 rings (SSSR count). The molecule has 0 unspecified atom stereocenters. The van der Waals surface area contributed by atoms with Gasteiger partial charge in [-0.2, -0.15) is 4.98 Å². The number of hydrogen-bond donors (Lipinski definition) is 1. The van der Waals surface area contributed by atoms with E-state index in [2.05, 4.69) is 4.98 Å². The van der Waals surface area contributed by atoms with Gasteiger partial charge in [-0.25, -0.2) is 8.78 Å². The van der Waals surface area contributed by atoms with E-state index < -0.39 is 17.5 Å². The number of ether oxygens (including phenoxy) is 3. The molecule has 0 radical (unpaired) electrons. The van der Waals surface area contributed by atoms with Gasteiger partial charge in [0.15, 0.2) is 17.5 Å². The molecule has 0 fully saturated rings. The molecule has 17 heavy (non-hydrogen) atoms. The number of pyridine rings is 1. The van der Waals surface area contributed by atoms with Crippen LogP contribution in [0, 0.1) is 11.6 Å². The molecule has 0 bridgehead atoms. The van der Waals surface area contributed by atoms with Crippen LogP contribution in [0.2, 0.25) is 0 Å². The normalized spacial score (nSPS) is 10.5. The van der Waals surface area contributed by atoms with E-state index in [1.54, 1.807) is 7.11 Å². The van der Waals surface area contributed by atoms with E-state index in [1.165, 1.54) is 0 Å². The van der Waals surface area contributed by atoms with Crippen molar-refractivity contribution in [1.82, 2.24) is 4.98 Å². The van der Waals surface area contributed by atoms with Gasteiger partial charge >= 0.3 is 0 Å². The molecule has 0 aliphatic carbocycles. The number of nitrogens with two attached hydrogens (primary N) is 1. The Balaban J connectivity index is 2.34. The summed E-state index contributed by atoms with van der Waals surface area (Å²) in [5, 5.41) is 0. The summed E-state index contributed by atoms with van der Waals surface area (Å²) in [6.45, 7) is 1.23. The van der Waals surface area contributed by atoms with Crippen LogP contribution in [-0.2, 0) is 9.47 Å². The van der Waals surface area contributed by atoms with Crippen molar-refractivity contribution in [3.63, 3.8) is 0 Å². The average Bonchev–Trinajstić information content (AvgIpc) is 2.30. The molecular weight excluding hydrogens is 234 g/mol. The summed E-state index contributed by atoms with van der Waals surface area (Å²) in [6.07, 6.45) is 0. The highest BCUT2D eigenvalue weighted by Gasteiger charge is 2.10. The molecule has 0 spiro atoms. The van der Waals surface area contributed by atoms with Crippen molar-refractivity contribution in [1.29, 1.82) is 0 Å². The number of nitrogen functional groups attached to an aromatic ring is 1. The summed E-state index contributed by atoms with van der Waals surface area (Å²) in [4.78, 5) is 3.43. The number of aromatic nitrogens is 1. The Labute approximate surface area is 97.5 Å². The molecule has 0 aliphatic heterocycles. The maximum atomic E-state index is 13.1. The van der Waals surface area contributed by atoms with E-state index in [1.807, 2.05) is 0 Å². The van der Waals surface area contributed by atoms with Crippen molar-refractivity contribution in [3.05, 3.63) is 17.7 Å². The molecule has 1 aromatic rings. The minimum Gasteiger partial charge on any atom is -0.473 e. The molecule has 0 saturated heterocycles. The summed E-state index contributed by atoms with van der Waals surface area (Å²) in [6, 6.07) is 0.628. The Morgan fingerprint density at radius 1 is 1.18 bits per heavy atom. The number of rotatable bonds is 7. The first-order valence-corrected chi connectivity index (χ1v) is 4.96. The van der Waals surface area contributed by atoms with Gasteiger partial charge in [0.2, 0.25) is 0 Å². The smallest absolute Gasteiger partial charge is 0.252 e. The van der Waals surface area contributed by atoms with E-state index in [-0.39, 0.29) is 19.1 Å². The second kappa shape index (κ2) is 6.97. The highest BCUT2D eigenvalue weighted by atomic mass is 19.1. The van der Waals surface area contributed by atoms with E-state index in [9.17, 15) is 8.78 Å². The molecular formula is C10H14F2N2O3. The zero-order chi connectivity index (χ0) is 12.7. The second-order valence-electron chi connectivity index (χ2n) is 3.10. The zero-order valence-corrected chi connectivity index (χ0v) is 9.41. The average molecular weight is 248 g/mol. The van der Waals surface area contributed by atoms with Crippen LogP contribution in [0.1, 0.15) is 0 Å². The van der Waals surface area contributed by atoms with Crippen LogP contribution in [0.3, 0.4) is 0 Å². The lowest BCUT2D eigenvalue weighted by atomic mass is 10.4. The minimum absolute atomic E-state index is 0.0959. The lowest BCUT2D eigenvalue weighted by Crippen LogP contribution is -2.12. The SMILES string of the molecule is COCCOCCOc1nc(N)c(F)cc1F. The number of anilines is 1. The third-order valence-corrected chi connectivity index (χ3v) is 1.82. The maximum absolute atomic E-state index is 13.1. The van der Waals surface area contributed by atoms with Crippen molar-refractivity contribution < 1.29 is 23.0 Å². The summed E-state index contributed by atoms with van der Waals surface area (Å²) in [5.74, 6) is -2.54. The number of methoxy groups -OCH3 is 1. The van der Waals surface area contributed by atoms with Gasteiger partial charge in [0.1, 0.15) is 6.61 Å². The Kier molecular flexibility index (Phi) is 5.58.